The maximum Gasteiger partial charge on any atom is 0.255 e. The zero-order valence-electron chi connectivity index (χ0n) is 15.6. The molecule has 3 rings (SSSR count). The van der Waals surface area contributed by atoms with Gasteiger partial charge in [-0.3, -0.25) is 9.59 Å². The molecule has 29 heavy (non-hydrogen) atoms. The number of halogens is 1. The fourth-order valence-corrected chi connectivity index (χ4v) is 3.78. The zero-order valence-corrected chi connectivity index (χ0v) is 18.0. The van der Waals surface area contributed by atoms with Crippen molar-refractivity contribution >= 4 is 53.1 Å². The Bertz CT molecular complexity index is 1060. The highest BCUT2D eigenvalue weighted by Gasteiger charge is 2.17. The Kier molecular flexibility index (Phi) is 7.20. The first-order valence-corrected chi connectivity index (χ1v) is 10.4. The van der Waals surface area contributed by atoms with E-state index in [0.29, 0.717) is 15.5 Å². The Hall–Kier alpha value is -2.47. The highest BCUT2D eigenvalue weighted by molar-refractivity contribution is 8.14. The molecule has 0 aromatic heterocycles. The number of thioether (sulfide) groups is 1. The molecule has 146 valence electrons. The van der Waals surface area contributed by atoms with Crippen LogP contribution in [0.5, 0.6) is 0 Å². The van der Waals surface area contributed by atoms with Crippen LogP contribution in [0, 0.1) is 6.92 Å². The lowest BCUT2D eigenvalue weighted by atomic mass is 10.2. The number of thiol groups is 1. The highest BCUT2D eigenvalue weighted by atomic mass is 35.5. The molecule has 1 amide bonds. The largest absolute Gasteiger partial charge is 0.318 e. The molecule has 0 radical (unpaired) electrons. The minimum Gasteiger partial charge on any atom is -0.318 e. The van der Waals surface area contributed by atoms with Crippen molar-refractivity contribution in [1.29, 1.82) is 0 Å². The van der Waals surface area contributed by atoms with E-state index in [2.05, 4.69) is 17.9 Å². The maximum atomic E-state index is 13.0. The average molecular weight is 440 g/mol. The van der Waals surface area contributed by atoms with E-state index < -0.39 is 0 Å². The fraction of sp³-hybridized carbons (Fsp3) is 0.0435. The average Bonchev–Trinajstić information content (AvgIpc) is 2.71. The number of amides is 1. The van der Waals surface area contributed by atoms with Gasteiger partial charge in [-0.2, -0.15) is 0 Å². The Balaban J connectivity index is 1.89. The Labute approximate surface area is 184 Å². The van der Waals surface area contributed by atoms with Crippen LogP contribution in [0.4, 0.5) is 0 Å². The molecular weight excluding hydrogens is 422 g/mol. The Morgan fingerprint density at radius 3 is 2.34 bits per heavy atom. The van der Waals surface area contributed by atoms with E-state index in [1.165, 1.54) is 0 Å². The van der Waals surface area contributed by atoms with Crippen LogP contribution in [0.3, 0.4) is 0 Å². The van der Waals surface area contributed by atoms with Crippen molar-refractivity contribution in [1.82, 2.24) is 5.32 Å². The number of hydrogen-bond donors (Lipinski definition) is 2. The zero-order chi connectivity index (χ0) is 20.8. The summed E-state index contributed by atoms with van der Waals surface area (Å²) in [5.74, 6) is -0.352. The van der Waals surface area contributed by atoms with E-state index in [0.717, 1.165) is 27.8 Å². The van der Waals surface area contributed by atoms with Gasteiger partial charge in [0.25, 0.3) is 5.91 Å². The van der Waals surface area contributed by atoms with Crippen LogP contribution in [0.2, 0.25) is 5.02 Å². The number of carbonyl (C=O) groups is 2. The van der Waals surface area contributed by atoms with Crippen LogP contribution in [-0.4, -0.2) is 11.0 Å². The summed E-state index contributed by atoms with van der Waals surface area (Å²) in [6, 6.07) is 21.4. The molecule has 0 unspecified atom stereocenters. The second kappa shape index (κ2) is 9.83. The van der Waals surface area contributed by atoms with Crippen LogP contribution in [0.15, 0.2) is 88.3 Å². The van der Waals surface area contributed by atoms with Crippen molar-refractivity contribution in [2.75, 3.05) is 0 Å². The van der Waals surface area contributed by atoms with Gasteiger partial charge in [0.15, 0.2) is 0 Å². The first kappa shape index (κ1) is 21.2. The van der Waals surface area contributed by atoms with Crippen LogP contribution >= 0.6 is 36.0 Å². The third-order valence-corrected chi connectivity index (χ3v) is 5.76. The van der Waals surface area contributed by atoms with E-state index >= 15 is 0 Å². The predicted molar refractivity (Wildman–Crippen MR) is 123 cm³/mol. The van der Waals surface area contributed by atoms with Crippen molar-refractivity contribution in [3.8, 4) is 0 Å². The summed E-state index contributed by atoms with van der Waals surface area (Å²) in [6.45, 7) is 1.96. The number of carbonyl (C=O) groups excluding carboxylic acids is 2. The third-order valence-electron chi connectivity index (χ3n) is 4.00. The number of hydrogen-bond acceptors (Lipinski definition) is 4. The van der Waals surface area contributed by atoms with Gasteiger partial charge < -0.3 is 5.32 Å². The minimum atomic E-state index is -0.352. The molecule has 0 spiro atoms. The van der Waals surface area contributed by atoms with Crippen LogP contribution in [0.25, 0.3) is 6.08 Å². The summed E-state index contributed by atoms with van der Waals surface area (Å²) < 4.78 is 0. The summed E-state index contributed by atoms with van der Waals surface area (Å²) in [4.78, 5) is 27.1. The Morgan fingerprint density at radius 2 is 1.69 bits per heavy atom. The van der Waals surface area contributed by atoms with Crippen molar-refractivity contribution in [3.05, 3.63) is 100 Å². The van der Waals surface area contributed by atoms with Crippen molar-refractivity contribution in [2.24, 2.45) is 0 Å². The molecule has 3 aromatic carbocycles. The molecule has 0 aliphatic carbocycles. The molecule has 0 aliphatic rings. The molecule has 0 saturated carbocycles. The van der Waals surface area contributed by atoms with Gasteiger partial charge in [0.1, 0.15) is 0 Å². The number of rotatable bonds is 5. The van der Waals surface area contributed by atoms with E-state index in [-0.39, 0.29) is 16.7 Å². The van der Waals surface area contributed by atoms with Crippen molar-refractivity contribution in [2.45, 2.75) is 16.7 Å². The Morgan fingerprint density at radius 1 is 1.00 bits per heavy atom. The first-order chi connectivity index (χ1) is 13.9. The normalized spacial score (nSPS) is 11.2. The van der Waals surface area contributed by atoms with Gasteiger partial charge in [-0.25, -0.2) is 0 Å². The maximum absolute atomic E-state index is 13.0. The SMILES string of the molecule is Cc1ccc(SC(=O)/C(=C/c2ccc(Cl)cc2)NC(=O)c2ccccc2)c(S)c1. The second-order valence-electron chi connectivity index (χ2n) is 6.29. The number of aryl methyl sites for hydroxylation is 1. The van der Waals surface area contributed by atoms with Crippen LogP contribution in [0.1, 0.15) is 21.5 Å². The number of benzene rings is 3. The third kappa shape index (κ3) is 6.00. The van der Waals surface area contributed by atoms with Gasteiger partial charge in [-0.15, -0.1) is 12.6 Å². The van der Waals surface area contributed by atoms with Gasteiger partial charge in [0.05, 0.1) is 5.70 Å². The van der Waals surface area contributed by atoms with Crippen LogP contribution < -0.4 is 5.32 Å². The lowest BCUT2D eigenvalue weighted by Crippen LogP contribution is -2.26. The molecular formula is C23H18ClNO2S2. The van der Waals surface area contributed by atoms with Gasteiger partial charge in [-0.1, -0.05) is 48.0 Å². The summed E-state index contributed by atoms with van der Waals surface area (Å²) in [6.07, 6.45) is 1.64. The summed E-state index contributed by atoms with van der Waals surface area (Å²) >= 11 is 11.4. The highest BCUT2D eigenvalue weighted by Crippen LogP contribution is 2.29. The fourth-order valence-electron chi connectivity index (χ4n) is 2.52. The summed E-state index contributed by atoms with van der Waals surface area (Å²) in [5.41, 5.74) is 2.46. The number of nitrogens with one attached hydrogen (secondary N) is 1. The van der Waals surface area contributed by atoms with Gasteiger partial charge in [-0.05, 0) is 72.3 Å². The molecule has 6 heteroatoms. The van der Waals surface area contributed by atoms with Crippen LogP contribution in [-0.2, 0) is 4.79 Å². The monoisotopic (exact) mass is 439 g/mol. The quantitative estimate of drug-likeness (QED) is 0.290. The lowest BCUT2D eigenvalue weighted by molar-refractivity contribution is -0.108. The molecule has 1 N–H and O–H groups in total. The van der Waals surface area contributed by atoms with E-state index in [1.807, 2.05) is 31.2 Å². The molecule has 0 aliphatic heterocycles. The van der Waals surface area contributed by atoms with Crippen molar-refractivity contribution < 1.29 is 9.59 Å². The van der Waals surface area contributed by atoms with E-state index in [4.69, 9.17) is 11.6 Å². The first-order valence-electron chi connectivity index (χ1n) is 8.78. The standard InChI is InChI=1S/C23H18ClNO2S2/c1-15-7-12-21(20(28)13-15)29-23(27)19(14-16-8-10-18(24)11-9-16)25-22(26)17-5-3-2-4-6-17/h2-14,28H,1H3,(H,25,26)/b19-14-. The molecule has 0 fully saturated rings. The topological polar surface area (TPSA) is 46.2 Å². The molecule has 0 heterocycles. The van der Waals surface area contributed by atoms with Gasteiger partial charge >= 0.3 is 0 Å². The molecule has 0 bridgehead atoms. The summed E-state index contributed by atoms with van der Waals surface area (Å²) in [5, 5.41) is 3.05. The molecule has 3 nitrogen and oxygen atoms in total. The molecule has 0 atom stereocenters. The van der Waals surface area contributed by atoms with E-state index in [1.54, 1.807) is 54.6 Å². The van der Waals surface area contributed by atoms with Crippen molar-refractivity contribution in [3.63, 3.8) is 0 Å². The molecule has 0 saturated heterocycles. The summed E-state index contributed by atoms with van der Waals surface area (Å²) in [7, 11) is 0. The minimum absolute atomic E-state index is 0.180. The lowest BCUT2D eigenvalue weighted by Gasteiger charge is -2.11. The van der Waals surface area contributed by atoms with E-state index in [9.17, 15) is 9.59 Å². The predicted octanol–water partition coefficient (Wildman–Crippen LogP) is 6.03. The smallest absolute Gasteiger partial charge is 0.255 e. The second-order valence-corrected chi connectivity index (χ2v) is 8.22. The van der Waals surface area contributed by atoms with Gasteiger partial charge in [0.2, 0.25) is 5.12 Å². The van der Waals surface area contributed by atoms with Gasteiger partial charge in [0, 0.05) is 20.4 Å². The molecule has 3 aromatic rings.